The second kappa shape index (κ2) is 5.64. The molecule has 18 heavy (non-hydrogen) atoms. The van der Waals surface area contributed by atoms with Crippen molar-refractivity contribution in [2.75, 3.05) is 7.11 Å². The van der Waals surface area contributed by atoms with E-state index in [0.29, 0.717) is 5.56 Å². The van der Waals surface area contributed by atoms with Crippen LogP contribution in [0, 0.1) is 0 Å². The summed E-state index contributed by atoms with van der Waals surface area (Å²) in [4.78, 5) is 11.4. The summed E-state index contributed by atoms with van der Waals surface area (Å²) in [6.45, 7) is 2.26. The van der Waals surface area contributed by atoms with Crippen LogP contribution in [0.3, 0.4) is 0 Å². The monoisotopic (exact) mass is 255 g/mol. The third kappa shape index (κ3) is 2.68. The van der Waals surface area contributed by atoms with E-state index in [2.05, 4.69) is 30.8 Å². The van der Waals surface area contributed by atoms with Crippen molar-refractivity contribution in [3.8, 4) is 0 Å². The van der Waals surface area contributed by atoms with Gasteiger partial charge in [0.25, 0.3) is 0 Å². The lowest BCUT2D eigenvalue weighted by Gasteiger charge is -2.10. The Balaban J connectivity index is 2.22. The van der Waals surface area contributed by atoms with Gasteiger partial charge in [-0.3, -0.25) is 0 Å². The van der Waals surface area contributed by atoms with Crippen molar-refractivity contribution in [2.24, 2.45) is 0 Å². The molecule has 2 rings (SSSR count). The van der Waals surface area contributed by atoms with E-state index in [1.165, 1.54) is 17.5 Å². The summed E-state index contributed by atoms with van der Waals surface area (Å²) in [6.07, 6.45) is 0. The summed E-state index contributed by atoms with van der Waals surface area (Å²) in [7, 11) is 0.653. The first kappa shape index (κ1) is 12.6. The van der Waals surface area contributed by atoms with E-state index in [4.69, 9.17) is 4.74 Å². The predicted octanol–water partition coefficient (Wildman–Crippen LogP) is 1.71. The minimum Gasteiger partial charge on any atom is -0.465 e. The van der Waals surface area contributed by atoms with Crippen LogP contribution in [-0.4, -0.2) is 21.9 Å². The van der Waals surface area contributed by atoms with Gasteiger partial charge < -0.3 is 4.74 Å². The third-order valence-electron chi connectivity index (χ3n) is 2.95. The van der Waals surface area contributed by atoms with Crippen molar-refractivity contribution in [1.82, 2.24) is 0 Å². The largest absolute Gasteiger partial charge is 0.465 e. The first-order valence-corrected chi connectivity index (χ1v) is 7.80. The molecule has 3 heteroatoms. The average molecular weight is 255 g/mol. The number of carbonyl (C=O) groups is 1. The highest BCUT2D eigenvalue weighted by Gasteiger charge is 2.11. The molecule has 0 aliphatic rings. The quantitative estimate of drug-likeness (QED) is 0.616. The number of hydrogen-bond acceptors (Lipinski definition) is 2. The fourth-order valence-corrected chi connectivity index (χ4v) is 3.52. The molecule has 91 valence electrons. The maximum absolute atomic E-state index is 11.4. The van der Waals surface area contributed by atoms with Crippen molar-refractivity contribution in [3.63, 3.8) is 0 Å². The van der Waals surface area contributed by atoms with E-state index in [1.54, 1.807) is 0 Å². The van der Waals surface area contributed by atoms with Gasteiger partial charge in [0.05, 0.1) is 12.7 Å². The normalized spacial score (nSPS) is 10.4. The van der Waals surface area contributed by atoms with Crippen LogP contribution in [0.15, 0.2) is 54.6 Å². The van der Waals surface area contributed by atoms with Crippen LogP contribution >= 0.6 is 0 Å². The zero-order valence-corrected chi connectivity index (χ0v) is 11.5. The number of esters is 1. The number of ether oxygens (including phenoxy) is 1. The molecule has 0 amide bonds. The van der Waals surface area contributed by atoms with Gasteiger partial charge in [-0.15, -0.1) is 0 Å². The summed E-state index contributed by atoms with van der Waals surface area (Å²) in [6, 6.07) is 18.2. The third-order valence-corrected chi connectivity index (χ3v) is 5.34. The molecule has 0 N–H and O–H groups in total. The van der Waals surface area contributed by atoms with Crippen molar-refractivity contribution >= 4 is 25.1 Å². The van der Waals surface area contributed by atoms with Gasteiger partial charge in [0.2, 0.25) is 0 Å². The lowest BCUT2D eigenvalue weighted by atomic mass is 10.2. The molecule has 0 aliphatic carbocycles. The number of hydrogen-bond donors (Lipinski definition) is 0. The van der Waals surface area contributed by atoms with Gasteiger partial charge in [0, 0.05) is 0 Å². The Labute approximate surface area is 109 Å². The smallest absolute Gasteiger partial charge is 0.337 e. The Morgan fingerprint density at radius 1 is 0.944 bits per heavy atom. The summed E-state index contributed by atoms with van der Waals surface area (Å²) in [5.74, 6) is -0.286. The molecule has 0 spiro atoms. The van der Waals surface area contributed by atoms with E-state index in [0.717, 1.165) is 0 Å². The molecule has 0 unspecified atom stereocenters. The molecule has 0 fully saturated rings. The van der Waals surface area contributed by atoms with Crippen LogP contribution < -0.4 is 10.4 Å². The van der Waals surface area contributed by atoms with Gasteiger partial charge in [-0.05, 0) is 12.1 Å². The highest BCUT2D eigenvalue weighted by molar-refractivity contribution is 6.84. The summed E-state index contributed by atoms with van der Waals surface area (Å²) < 4.78 is 4.69. The molecule has 2 aromatic carbocycles. The zero-order valence-electron chi connectivity index (χ0n) is 10.5. The van der Waals surface area contributed by atoms with Gasteiger partial charge in [0.15, 0.2) is 0 Å². The Morgan fingerprint density at radius 2 is 1.50 bits per heavy atom. The van der Waals surface area contributed by atoms with Gasteiger partial charge in [-0.1, -0.05) is 59.4 Å². The fourth-order valence-electron chi connectivity index (χ4n) is 1.83. The average Bonchev–Trinajstić information content (AvgIpc) is 2.47. The highest BCUT2D eigenvalue weighted by Crippen LogP contribution is 2.00. The molecule has 0 heterocycles. The molecule has 1 radical (unpaired) electrons. The second-order valence-corrected chi connectivity index (χ2v) is 6.46. The minimum atomic E-state index is -0.745. The predicted molar refractivity (Wildman–Crippen MR) is 75.1 cm³/mol. The zero-order chi connectivity index (χ0) is 13.0. The molecule has 0 atom stereocenters. The SMILES string of the molecule is COC(=O)c1ccc([Si](C)c2ccccc2)cc1. The van der Waals surface area contributed by atoms with Crippen LogP contribution in [0.25, 0.3) is 0 Å². The van der Waals surface area contributed by atoms with Crippen LogP contribution in [0.4, 0.5) is 0 Å². The maximum Gasteiger partial charge on any atom is 0.337 e. The molecule has 0 saturated carbocycles. The molecule has 2 aromatic rings. The van der Waals surface area contributed by atoms with Crippen molar-refractivity contribution in [2.45, 2.75) is 6.55 Å². The summed E-state index contributed by atoms with van der Waals surface area (Å²) in [5, 5.41) is 2.66. The van der Waals surface area contributed by atoms with Crippen LogP contribution in [0.2, 0.25) is 6.55 Å². The van der Waals surface area contributed by atoms with E-state index in [1.807, 2.05) is 30.3 Å². The molecule has 2 nitrogen and oxygen atoms in total. The van der Waals surface area contributed by atoms with Crippen molar-refractivity contribution in [3.05, 3.63) is 60.2 Å². The Bertz CT molecular complexity index is 520. The van der Waals surface area contributed by atoms with E-state index >= 15 is 0 Å². The molecule has 0 saturated heterocycles. The highest BCUT2D eigenvalue weighted by atomic mass is 28.3. The molecule has 0 aliphatic heterocycles. The van der Waals surface area contributed by atoms with Crippen molar-refractivity contribution < 1.29 is 9.53 Å². The van der Waals surface area contributed by atoms with Crippen LogP contribution in [0.5, 0.6) is 0 Å². The summed E-state index contributed by atoms with van der Waals surface area (Å²) in [5.41, 5.74) is 0.601. The lowest BCUT2D eigenvalue weighted by molar-refractivity contribution is 0.0601. The van der Waals surface area contributed by atoms with Gasteiger partial charge >= 0.3 is 5.97 Å². The lowest BCUT2D eigenvalue weighted by Crippen LogP contribution is -2.38. The molecular formula is C15H15O2Si. The Kier molecular flexibility index (Phi) is 3.94. The number of rotatable bonds is 3. The van der Waals surface area contributed by atoms with E-state index in [9.17, 15) is 4.79 Å². The second-order valence-electron chi connectivity index (χ2n) is 4.06. The summed E-state index contributed by atoms with van der Waals surface area (Å²) >= 11 is 0. The van der Waals surface area contributed by atoms with Gasteiger partial charge in [-0.25, -0.2) is 4.79 Å². The molecular weight excluding hydrogens is 240 g/mol. The number of benzene rings is 2. The maximum atomic E-state index is 11.4. The van der Waals surface area contributed by atoms with Crippen LogP contribution in [-0.2, 0) is 4.74 Å². The molecule has 0 bridgehead atoms. The Morgan fingerprint density at radius 3 is 2.06 bits per heavy atom. The van der Waals surface area contributed by atoms with Gasteiger partial charge in [-0.2, -0.15) is 0 Å². The molecule has 0 aromatic heterocycles. The van der Waals surface area contributed by atoms with Crippen LogP contribution in [0.1, 0.15) is 10.4 Å². The topological polar surface area (TPSA) is 26.3 Å². The number of methoxy groups -OCH3 is 1. The minimum absolute atomic E-state index is 0.286. The fraction of sp³-hybridized carbons (Fsp3) is 0.133. The Hall–Kier alpha value is -1.87. The van der Waals surface area contributed by atoms with E-state index < -0.39 is 8.80 Å². The first-order chi connectivity index (χ1) is 8.72. The van der Waals surface area contributed by atoms with E-state index in [-0.39, 0.29) is 5.97 Å². The standard InChI is InChI=1S/C15H15O2Si/c1-17-15(16)12-8-10-14(11-9-12)18(2)13-6-4-3-5-7-13/h3-11H,1-2H3. The first-order valence-electron chi connectivity index (χ1n) is 5.80. The van der Waals surface area contributed by atoms with Gasteiger partial charge in [0.1, 0.15) is 8.80 Å². The number of carbonyl (C=O) groups excluding carboxylic acids is 1. The van der Waals surface area contributed by atoms with Crippen molar-refractivity contribution in [1.29, 1.82) is 0 Å².